The third-order valence-electron chi connectivity index (χ3n) is 3.09. The van der Waals surface area contributed by atoms with Crippen molar-refractivity contribution in [3.05, 3.63) is 28.8 Å². The van der Waals surface area contributed by atoms with Gasteiger partial charge in [0.1, 0.15) is 0 Å². The number of nitrogens with two attached hydrogens (primary N) is 1. The maximum atomic E-state index is 5.85. The first kappa shape index (κ1) is 9.53. The number of hydrogen-bond donors (Lipinski definition) is 1. The Kier molecular flexibility index (Phi) is 2.46. The monoisotopic (exact) mass is 190 g/mol. The van der Waals surface area contributed by atoms with Crippen LogP contribution in [0, 0.1) is 6.92 Å². The minimum atomic E-state index is 0.908. The van der Waals surface area contributed by atoms with E-state index in [2.05, 4.69) is 31.0 Å². The normalized spacial score (nSPS) is 17.6. The minimum absolute atomic E-state index is 0.908. The van der Waals surface area contributed by atoms with E-state index in [0.717, 1.165) is 31.6 Å². The molecule has 76 valence electrons. The molecule has 0 atom stereocenters. The van der Waals surface area contributed by atoms with Crippen molar-refractivity contribution in [1.29, 1.82) is 0 Å². The Bertz CT molecular complexity index is 344. The molecule has 2 nitrogen and oxygen atoms in total. The highest BCUT2D eigenvalue weighted by Crippen LogP contribution is 2.22. The topological polar surface area (TPSA) is 29.3 Å². The number of nitrogen functional groups attached to an aromatic ring is 1. The number of fused-ring (bicyclic) bond motifs is 1. The minimum Gasteiger partial charge on any atom is -0.399 e. The van der Waals surface area contributed by atoms with Crippen LogP contribution in [0.5, 0.6) is 0 Å². The molecule has 1 aromatic carbocycles. The summed E-state index contributed by atoms with van der Waals surface area (Å²) in [4.78, 5) is 2.38. The first-order chi connectivity index (χ1) is 6.66. The van der Waals surface area contributed by atoms with Crippen molar-refractivity contribution < 1.29 is 0 Å². The van der Waals surface area contributed by atoms with Crippen molar-refractivity contribution in [2.75, 3.05) is 25.9 Å². The molecular weight excluding hydrogens is 172 g/mol. The lowest BCUT2D eigenvalue weighted by Crippen LogP contribution is -2.20. The average Bonchev–Trinajstić information content (AvgIpc) is 2.28. The fourth-order valence-electron chi connectivity index (χ4n) is 2.23. The average molecular weight is 190 g/mol. The van der Waals surface area contributed by atoms with Gasteiger partial charge < -0.3 is 10.6 Å². The van der Waals surface area contributed by atoms with Crippen molar-refractivity contribution >= 4 is 5.69 Å². The molecular formula is C12H18N2. The van der Waals surface area contributed by atoms with Gasteiger partial charge in [-0.2, -0.15) is 0 Å². The quantitative estimate of drug-likeness (QED) is 0.630. The van der Waals surface area contributed by atoms with Crippen molar-refractivity contribution in [2.45, 2.75) is 19.8 Å². The van der Waals surface area contributed by atoms with Crippen molar-refractivity contribution in [2.24, 2.45) is 0 Å². The Labute approximate surface area is 85.7 Å². The highest BCUT2D eigenvalue weighted by atomic mass is 15.1. The van der Waals surface area contributed by atoms with Crippen molar-refractivity contribution in [1.82, 2.24) is 4.90 Å². The molecule has 0 spiro atoms. The number of likely N-dealkylation sites (N-methyl/N-ethyl adjacent to an activating group) is 1. The Balaban J connectivity index is 2.40. The summed E-state index contributed by atoms with van der Waals surface area (Å²) in [6.45, 7) is 4.48. The van der Waals surface area contributed by atoms with E-state index in [0.29, 0.717) is 0 Å². The van der Waals surface area contributed by atoms with Crippen LogP contribution in [0.15, 0.2) is 12.1 Å². The van der Waals surface area contributed by atoms with Gasteiger partial charge in [-0.25, -0.2) is 0 Å². The zero-order valence-corrected chi connectivity index (χ0v) is 9.01. The molecule has 0 unspecified atom stereocenters. The van der Waals surface area contributed by atoms with Crippen LogP contribution >= 0.6 is 0 Å². The second-order valence-electron chi connectivity index (χ2n) is 4.28. The Morgan fingerprint density at radius 2 is 1.93 bits per heavy atom. The Morgan fingerprint density at radius 3 is 2.71 bits per heavy atom. The van der Waals surface area contributed by atoms with Crippen LogP contribution in [-0.4, -0.2) is 25.0 Å². The van der Waals surface area contributed by atoms with Gasteiger partial charge in [0, 0.05) is 18.8 Å². The van der Waals surface area contributed by atoms with Gasteiger partial charge in [0.05, 0.1) is 0 Å². The molecule has 1 aliphatic rings. The molecule has 0 saturated carbocycles. The number of nitrogens with zero attached hydrogens (tertiary/aromatic N) is 1. The molecule has 2 heteroatoms. The van der Waals surface area contributed by atoms with E-state index in [1.165, 1.54) is 16.7 Å². The van der Waals surface area contributed by atoms with E-state index in [4.69, 9.17) is 5.73 Å². The SMILES string of the molecule is Cc1cc(N)cc2c1CCN(C)CC2. The fraction of sp³-hybridized carbons (Fsp3) is 0.500. The van der Waals surface area contributed by atoms with Crippen LogP contribution in [0.25, 0.3) is 0 Å². The molecule has 14 heavy (non-hydrogen) atoms. The van der Waals surface area contributed by atoms with Gasteiger partial charge in [0.15, 0.2) is 0 Å². The molecule has 0 bridgehead atoms. The zero-order chi connectivity index (χ0) is 10.1. The molecule has 0 saturated heterocycles. The Hall–Kier alpha value is -1.02. The van der Waals surface area contributed by atoms with Gasteiger partial charge >= 0.3 is 0 Å². The fourth-order valence-corrected chi connectivity index (χ4v) is 2.23. The van der Waals surface area contributed by atoms with Gasteiger partial charge in [-0.05, 0) is 55.6 Å². The predicted molar refractivity (Wildman–Crippen MR) is 60.5 cm³/mol. The van der Waals surface area contributed by atoms with Crippen molar-refractivity contribution in [3.8, 4) is 0 Å². The number of benzene rings is 1. The smallest absolute Gasteiger partial charge is 0.0319 e. The van der Waals surface area contributed by atoms with Crippen LogP contribution < -0.4 is 5.73 Å². The van der Waals surface area contributed by atoms with Gasteiger partial charge in [0.2, 0.25) is 0 Å². The zero-order valence-electron chi connectivity index (χ0n) is 9.01. The van der Waals surface area contributed by atoms with E-state index < -0.39 is 0 Å². The second-order valence-corrected chi connectivity index (χ2v) is 4.28. The van der Waals surface area contributed by atoms with E-state index in [-0.39, 0.29) is 0 Å². The summed E-state index contributed by atoms with van der Waals surface area (Å²) in [6.07, 6.45) is 2.30. The highest BCUT2D eigenvalue weighted by Gasteiger charge is 2.13. The summed E-state index contributed by atoms with van der Waals surface area (Å²) >= 11 is 0. The number of aryl methyl sites for hydroxylation is 1. The Morgan fingerprint density at radius 1 is 1.21 bits per heavy atom. The summed E-state index contributed by atoms with van der Waals surface area (Å²) in [5.41, 5.74) is 11.1. The molecule has 0 aliphatic carbocycles. The van der Waals surface area contributed by atoms with Crippen LogP contribution in [0.3, 0.4) is 0 Å². The maximum Gasteiger partial charge on any atom is 0.0319 e. The summed E-state index contributed by atoms with van der Waals surface area (Å²) in [5.74, 6) is 0. The van der Waals surface area contributed by atoms with Crippen LogP contribution in [0.1, 0.15) is 16.7 Å². The molecule has 2 rings (SSSR count). The third kappa shape index (κ3) is 1.75. The van der Waals surface area contributed by atoms with Crippen molar-refractivity contribution in [3.63, 3.8) is 0 Å². The van der Waals surface area contributed by atoms with E-state index in [1.807, 2.05) is 0 Å². The summed E-state index contributed by atoms with van der Waals surface area (Å²) in [6, 6.07) is 4.23. The summed E-state index contributed by atoms with van der Waals surface area (Å²) in [5, 5.41) is 0. The highest BCUT2D eigenvalue weighted by molar-refractivity contribution is 5.49. The van der Waals surface area contributed by atoms with Crippen LogP contribution in [0.4, 0.5) is 5.69 Å². The first-order valence-electron chi connectivity index (χ1n) is 5.23. The number of rotatable bonds is 0. The summed E-state index contributed by atoms with van der Waals surface area (Å²) < 4.78 is 0. The molecule has 0 amide bonds. The second kappa shape index (κ2) is 3.62. The molecule has 0 fully saturated rings. The molecule has 1 aromatic rings. The van der Waals surface area contributed by atoms with Gasteiger partial charge in [-0.15, -0.1) is 0 Å². The number of hydrogen-bond acceptors (Lipinski definition) is 2. The van der Waals surface area contributed by atoms with Gasteiger partial charge in [0.25, 0.3) is 0 Å². The lowest BCUT2D eigenvalue weighted by molar-refractivity contribution is 0.352. The number of anilines is 1. The lowest BCUT2D eigenvalue weighted by Gasteiger charge is -2.11. The van der Waals surface area contributed by atoms with E-state index in [1.54, 1.807) is 0 Å². The molecule has 2 N–H and O–H groups in total. The molecule has 1 heterocycles. The lowest BCUT2D eigenvalue weighted by atomic mass is 9.97. The van der Waals surface area contributed by atoms with Gasteiger partial charge in [-0.3, -0.25) is 0 Å². The standard InChI is InChI=1S/C12H18N2/c1-9-7-11(13)8-10-3-5-14(2)6-4-12(9)10/h7-8H,3-6,13H2,1-2H3. The van der Waals surface area contributed by atoms with E-state index in [9.17, 15) is 0 Å². The van der Waals surface area contributed by atoms with E-state index >= 15 is 0 Å². The summed E-state index contributed by atoms with van der Waals surface area (Å²) in [7, 11) is 2.19. The third-order valence-corrected chi connectivity index (χ3v) is 3.09. The van der Waals surface area contributed by atoms with Crippen LogP contribution in [-0.2, 0) is 12.8 Å². The molecule has 0 aromatic heterocycles. The molecule has 0 radical (unpaired) electrons. The molecule has 1 aliphatic heterocycles. The van der Waals surface area contributed by atoms with Gasteiger partial charge in [-0.1, -0.05) is 0 Å². The first-order valence-corrected chi connectivity index (χ1v) is 5.23. The largest absolute Gasteiger partial charge is 0.399 e. The maximum absolute atomic E-state index is 5.85. The van der Waals surface area contributed by atoms with Crippen LogP contribution in [0.2, 0.25) is 0 Å². The predicted octanol–water partition coefficient (Wildman–Crippen LogP) is 1.61.